The molecule has 21 heavy (non-hydrogen) atoms. The highest BCUT2D eigenvalue weighted by atomic mass is 19.4. The average Bonchev–Trinajstić information content (AvgIpc) is 3.19. The maximum atomic E-state index is 12.5. The highest BCUT2D eigenvalue weighted by Crippen LogP contribution is 2.20. The molecule has 1 fully saturated rings. The highest BCUT2D eigenvalue weighted by Gasteiger charge is 2.31. The first-order valence-corrected chi connectivity index (χ1v) is 7.31. The van der Waals surface area contributed by atoms with Crippen LogP contribution in [0.2, 0.25) is 0 Å². The standard InChI is InChI=1S/C15H22F3N3/c1-11(2)21(10-15(16,17)18)9-14-4-3-12(8-20-14)7-19-13-5-6-13/h3-4,8,11,13,19H,5-7,9-10H2,1-2H3. The first kappa shape index (κ1) is 16.2. The van der Waals surface area contributed by atoms with Gasteiger partial charge >= 0.3 is 6.18 Å². The summed E-state index contributed by atoms with van der Waals surface area (Å²) < 4.78 is 37.6. The lowest BCUT2D eigenvalue weighted by atomic mass is 10.2. The van der Waals surface area contributed by atoms with E-state index in [1.807, 2.05) is 12.1 Å². The van der Waals surface area contributed by atoms with Crippen LogP contribution in [0.3, 0.4) is 0 Å². The van der Waals surface area contributed by atoms with E-state index in [1.165, 1.54) is 17.7 Å². The maximum absolute atomic E-state index is 12.5. The molecule has 3 nitrogen and oxygen atoms in total. The Labute approximate surface area is 123 Å². The number of aromatic nitrogens is 1. The molecule has 1 aliphatic carbocycles. The first-order chi connectivity index (χ1) is 9.83. The summed E-state index contributed by atoms with van der Waals surface area (Å²) in [5.41, 5.74) is 1.74. The Morgan fingerprint density at radius 2 is 2.05 bits per heavy atom. The Balaban J connectivity index is 1.90. The molecule has 0 aromatic carbocycles. The van der Waals surface area contributed by atoms with E-state index in [4.69, 9.17) is 0 Å². The maximum Gasteiger partial charge on any atom is 0.401 e. The molecule has 0 unspecified atom stereocenters. The number of halogens is 3. The molecular formula is C15H22F3N3. The zero-order valence-electron chi connectivity index (χ0n) is 12.5. The molecule has 1 aromatic heterocycles. The SMILES string of the molecule is CC(C)N(Cc1ccc(CNC2CC2)cn1)CC(F)(F)F. The summed E-state index contributed by atoms with van der Waals surface area (Å²) in [6.07, 6.45) is 0.0216. The van der Waals surface area contributed by atoms with Gasteiger partial charge in [-0.05, 0) is 38.3 Å². The summed E-state index contributed by atoms with van der Waals surface area (Å²) in [5, 5.41) is 3.38. The fraction of sp³-hybridized carbons (Fsp3) is 0.667. The van der Waals surface area contributed by atoms with E-state index in [9.17, 15) is 13.2 Å². The molecule has 1 N–H and O–H groups in total. The summed E-state index contributed by atoms with van der Waals surface area (Å²) in [6.45, 7) is 3.61. The van der Waals surface area contributed by atoms with E-state index in [0.717, 1.165) is 12.1 Å². The molecule has 1 aromatic rings. The molecule has 1 aliphatic rings. The van der Waals surface area contributed by atoms with Crippen LogP contribution in [-0.2, 0) is 13.1 Å². The van der Waals surface area contributed by atoms with E-state index in [2.05, 4.69) is 10.3 Å². The Morgan fingerprint density at radius 3 is 2.52 bits per heavy atom. The largest absolute Gasteiger partial charge is 0.401 e. The highest BCUT2D eigenvalue weighted by molar-refractivity contribution is 5.14. The van der Waals surface area contributed by atoms with Gasteiger partial charge in [-0.25, -0.2) is 0 Å². The van der Waals surface area contributed by atoms with Gasteiger partial charge in [-0.2, -0.15) is 13.2 Å². The van der Waals surface area contributed by atoms with Gasteiger partial charge in [0.15, 0.2) is 0 Å². The van der Waals surface area contributed by atoms with Gasteiger partial charge < -0.3 is 5.32 Å². The number of alkyl halides is 3. The van der Waals surface area contributed by atoms with Crippen LogP contribution in [0.4, 0.5) is 13.2 Å². The predicted octanol–water partition coefficient (Wildman–Crippen LogP) is 3.11. The minimum atomic E-state index is -4.18. The zero-order valence-corrected chi connectivity index (χ0v) is 12.5. The number of hydrogen-bond donors (Lipinski definition) is 1. The van der Waals surface area contributed by atoms with Crippen molar-refractivity contribution in [1.82, 2.24) is 15.2 Å². The molecule has 0 spiro atoms. The molecule has 0 radical (unpaired) electrons. The van der Waals surface area contributed by atoms with E-state index < -0.39 is 12.7 Å². The van der Waals surface area contributed by atoms with Crippen LogP contribution < -0.4 is 5.32 Å². The molecule has 118 valence electrons. The quantitative estimate of drug-likeness (QED) is 0.839. The van der Waals surface area contributed by atoms with Crippen molar-refractivity contribution in [3.63, 3.8) is 0 Å². The Kier molecular flexibility index (Phi) is 5.22. The third kappa shape index (κ3) is 6.01. The second kappa shape index (κ2) is 6.75. The lowest BCUT2D eigenvalue weighted by molar-refractivity contribution is -0.151. The van der Waals surface area contributed by atoms with Gasteiger partial charge in [0.1, 0.15) is 0 Å². The van der Waals surface area contributed by atoms with Crippen molar-refractivity contribution in [3.05, 3.63) is 29.6 Å². The summed E-state index contributed by atoms with van der Waals surface area (Å²) in [5.74, 6) is 0. The van der Waals surface area contributed by atoms with Gasteiger partial charge in [-0.15, -0.1) is 0 Å². The molecule has 1 saturated carbocycles. The average molecular weight is 301 g/mol. The Bertz CT molecular complexity index is 438. The lowest BCUT2D eigenvalue weighted by Crippen LogP contribution is -2.38. The predicted molar refractivity (Wildman–Crippen MR) is 75.7 cm³/mol. The number of rotatable bonds is 7. The monoisotopic (exact) mass is 301 g/mol. The van der Waals surface area contributed by atoms with Crippen molar-refractivity contribution in [2.45, 2.75) is 58.0 Å². The first-order valence-electron chi connectivity index (χ1n) is 7.31. The topological polar surface area (TPSA) is 28.2 Å². The van der Waals surface area contributed by atoms with Gasteiger partial charge in [0.25, 0.3) is 0 Å². The summed E-state index contributed by atoms with van der Waals surface area (Å²) >= 11 is 0. The third-order valence-corrected chi connectivity index (χ3v) is 3.54. The molecule has 0 aliphatic heterocycles. The van der Waals surface area contributed by atoms with Gasteiger partial charge in [0, 0.05) is 31.4 Å². The van der Waals surface area contributed by atoms with Crippen LogP contribution in [0, 0.1) is 0 Å². The summed E-state index contributed by atoms with van der Waals surface area (Å²) in [4.78, 5) is 5.66. The number of nitrogens with one attached hydrogen (secondary N) is 1. The molecule has 1 heterocycles. The fourth-order valence-electron chi connectivity index (χ4n) is 2.06. The van der Waals surface area contributed by atoms with Crippen molar-refractivity contribution in [2.24, 2.45) is 0 Å². The molecule has 6 heteroatoms. The lowest BCUT2D eigenvalue weighted by Gasteiger charge is -2.27. The molecule has 0 bridgehead atoms. The van der Waals surface area contributed by atoms with Crippen LogP contribution >= 0.6 is 0 Å². The third-order valence-electron chi connectivity index (χ3n) is 3.54. The van der Waals surface area contributed by atoms with Gasteiger partial charge in [0.05, 0.1) is 12.2 Å². The second-order valence-electron chi connectivity index (χ2n) is 5.93. The zero-order chi connectivity index (χ0) is 15.5. The molecule has 0 saturated heterocycles. The minimum absolute atomic E-state index is 0.176. The minimum Gasteiger partial charge on any atom is -0.310 e. The van der Waals surface area contributed by atoms with Crippen molar-refractivity contribution in [3.8, 4) is 0 Å². The summed E-state index contributed by atoms with van der Waals surface area (Å²) in [7, 11) is 0. The normalized spacial score (nSPS) is 16.0. The van der Waals surface area contributed by atoms with E-state index in [1.54, 1.807) is 20.0 Å². The van der Waals surface area contributed by atoms with Gasteiger partial charge in [-0.3, -0.25) is 9.88 Å². The van der Waals surface area contributed by atoms with Crippen LogP contribution in [0.1, 0.15) is 37.9 Å². The van der Waals surface area contributed by atoms with Crippen LogP contribution in [0.25, 0.3) is 0 Å². The molecule has 0 amide bonds. The van der Waals surface area contributed by atoms with Crippen molar-refractivity contribution in [2.75, 3.05) is 6.54 Å². The Hall–Kier alpha value is -1.14. The summed E-state index contributed by atoms with van der Waals surface area (Å²) in [6, 6.07) is 4.21. The second-order valence-corrected chi connectivity index (χ2v) is 5.93. The van der Waals surface area contributed by atoms with Crippen LogP contribution in [-0.4, -0.2) is 34.7 Å². The number of nitrogens with zero attached hydrogens (tertiary/aromatic N) is 2. The van der Waals surface area contributed by atoms with Gasteiger partial charge in [-0.1, -0.05) is 6.07 Å². The van der Waals surface area contributed by atoms with E-state index >= 15 is 0 Å². The molecule has 0 atom stereocenters. The van der Waals surface area contributed by atoms with Gasteiger partial charge in [0.2, 0.25) is 0 Å². The van der Waals surface area contributed by atoms with Crippen molar-refractivity contribution in [1.29, 1.82) is 0 Å². The van der Waals surface area contributed by atoms with E-state index in [0.29, 0.717) is 11.7 Å². The molecule has 2 rings (SSSR count). The molecular weight excluding hydrogens is 279 g/mol. The number of hydrogen-bond acceptors (Lipinski definition) is 3. The van der Waals surface area contributed by atoms with Crippen LogP contribution in [0.15, 0.2) is 18.3 Å². The van der Waals surface area contributed by atoms with Crippen molar-refractivity contribution >= 4 is 0 Å². The van der Waals surface area contributed by atoms with Crippen molar-refractivity contribution < 1.29 is 13.2 Å². The van der Waals surface area contributed by atoms with E-state index in [-0.39, 0.29) is 12.6 Å². The number of pyridine rings is 1. The Morgan fingerprint density at radius 1 is 1.33 bits per heavy atom. The smallest absolute Gasteiger partial charge is 0.310 e. The van der Waals surface area contributed by atoms with Crippen LogP contribution in [0.5, 0.6) is 0 Å². The fourth-order valence-corrected chi connectivity index (χ4v) is 2.06.